The van der Waals surface area contributed by atoms with Gasteiger partial charge in [0.1, 0.15) is 11.6 Å². The van der Waals surface area contributed by atoms with Crippen LogP contribution in [0.15, 0.2) is 46.4 Å². The fourth-order valence-electron chi connectivity index (χ4n) is 2.48. The van der Waals surface area contributed by atoms with Crippen molar-refractivity contribution in [1.82, 2.24) is 0 Å². The van der Waals surface area contributed by atoms with Gasteiger partial charge < -0.3 is 19.5 Å². The summed E-state index contributed by atoms with van der Waals surface area (Å²) >= 11 is 3.29. The van der Waals surface area contributed by atoms with Gasteiger partial charge in [0.05, 0.1) is 23.8 Å². The van der Waals surface area contributed by atoms with E-state index >= 15 is 0 Å². The molecule has 0 fully saturated rings. The molecule has 2 rings (SSSR count). The van der Waals surface area contributed by atoms with E-state index in [1.807, 2.05) is 6.07 Å². The van der Waals surface area contributed by atoms with E-state index in [4.69, 9.17) is 14.2 Å². The Bertz CT molecular complexity index is 1070. The van der Waals surface area contributed by atoms with Crippen LogP contribution in [0, 0.1) is 11.3 Å². The summed E-state index contributed by atoms with van der Waals surface area (Å²) in [6.07, 6.45) is 1.37. The molecule has 0 saturated carbocycles. The second-order valence-electron chi connectivity index (χ2n) is 6.05. The van der Waals surface area contributed by atoms with E-state index in [0.717, 1.165) is 0 Å². The lowest BCUT2D eigenvalue weighted by molar-refractivity contribution is -0.132. The van der Waals surface area contributed by atoms with Crippen LogP contribution in [0.4, 0.5) is 5.69 Å². The van der Waals surface area contributed by atoms with Crippen molar-refractivity contribution >= 4 is 45.5 Å². The molecule has 0 aliphatic rings. The van der Waals surface area contributed by atoms with Crippen LogP contribution in [0.1, 0.15) is 29.8 Å². The Morgan fingerprint density at radius 3 is 2.42 bits per heavy atom. The van der Waals surface area contributed by atoms with Crippen molar-refractivity contribution in [2.75, 3.05) is 19.0 Å². The summed E-state index contributed by atoms with van der Waals surface area (Å²) < 4.78 is 15.7. The quantitative estimate of drug-likeness (QED) is 0.271. The van der Waals surface area contributed by atoms with Crippen molar-refractivity contribution < 1.29 is 28.6 Å². The van der Waals surface area contributed by atoms with E-state index < -0.39 is 17.8 Å². The second-order valence-corrected chi connectivity index (χ2v) is 6.90. The molecule has 1 N–H and O–H groups in total. The molecule has 0 bridgehead atoms. The molecule has 2 aromatic carbocycles. The molecule has 0 spiro atoms. The van der Waals surface area contributed by atoms with Crippen LogP contribution in [0.2, 0.25) is 0 Å². The number of nitriles is 1. The van der Waals surface area contributed by atoms with Crippen LogP contribution >= 0.6 is 15.9 Å². The minimum atomic E-state index is -0.634. The number of nitrogens with one attached hydrogen (secondary N) is 1. The number of nitrogens with zero attached hydrogens (tertiary/aromatic N) is 1. The summed E-state index contributed by atoms with van der Waals surface area (Å²) in [7, 11) is 1.40. The van der Waals surface area contributed by atoms with E-state index in [2.05, 4.69) is 21.2 Å². The van der Waals surface area contributed by atoms with E-state index in [9.17, 15) is 19.6 Å². The van der Waals surface area contributed by atoms with Crippen LogP contribution in [0.5, 0.6) is 11.5 Å². The maximum Gasteiger partial charge on any atom is 0.338 e. The van der Waals surface area contributed by atoms with E-state index in [1.165, 1.54) is 50.4 Å². The van der Waals surface area contributed by atoms with E-state index in [-0.39, 0.29) is 23.7 Å². The molecule has 0 unspecified atom stereocenters. The zero-order chi connectivity index (χ0) is 23.0. The molecule has 0 atom stereocenters. The number of carbonyl (C=O) groups excluding carboxylic acids is 3. The van der Waals surface area contributed by atoms with Crippen LogP contribution in [0.25, 0.3) is 6.08 Å². The lowest BCUT2D eigenvalue weighted by Crippen LogP contribution is -2.13. The van der Waals surface area contributed by atoms with Crippen LogP contribution in [0.3, 0.4) is 0 Å². The van der Waals surface area contributed by atoms with Gasteiger partial charge in [0.15, 0.2) is 11.5 Å². The first-order chi connectivity index (χ1) is 14.8. The van der Waals surface area contributed by atoms with Crippen molar-refractivity contribution in [3.8, 4) is 17.6 Å². The van der Waals surface area contributed by atoms with Gasteiger partial charge in [-0.1, -0.05) is 0 Å². The number of hydrogen-bond acceptors (Lipinski definition) is 7. The van der Waals surface area contributed by atoms with E-state index in [0.29, 0.717) is 21.3 Å². The average molecular weight is 487 g/mol. The Balaban J connectivity index is 2.24. The second kappa shape index (κ2) is 10.9. The fourth-order valence-corrected chi connectivity index (χ4v) is 3.02. The Kier molecular flexibility index (Phi) is 8.34. The molecule has 0 heterocycles. The summed E-state index contributed by atoms with van der Waals surface area (Å²) in [4.78, 5) is 35.5. The molecule has 9 heteroatoms. The van der Waals surface area contributed by atoms with Crippen molar-refractivity contribution in [3.05, 3.63) is 57.6 Å². The highest BCUT2D eigenvalue weighted by Gasteiger charge is 2.15. The summed E-state index contributed by atoms with van der Waals surface area (Å²) in [5.41, 5.74) is 1.07. The van der Waals surface area contributed by atoms with Crippen molar-refractivity contribution in [2.45, 2.75) is 13.8 Å². The Labute approximate surface area is 187 Å². The van der Waals surface area contributed by atoms with Gasteiger partial charge in [-0.15, -0.1) is 0 Å². The molecule has 2 aromatic rings. The van der Waals surface area contributed by atoms with Crippen molar-refractivity contribution in [2.24, 2.45) is 0 Å². The molecular formula is C22H19BrN2O6. The molecule has 0 radical (unpaired) electrons. The minimum absolute atomic E-state index is 0.163. The van der Waals surface area contributed by atoms with Gasteiger partial charge in [0.2, 0.25) is 0 Å². The van der Waals surface area contributed by atoms with Gasteiger partial charge in [0, 0.05) is 12.6 Å². The van der Waals surface area contributed by atoms with Gasteiger partial charge in [0.25, 0.3) is 5.91 Å². The van der Waals surface area contributed by atoms with Crippen LogP contribution in [-0.4, -0.2) is 31.6 Å². The zero-order valence-corrected chi connectivity index (χ0v) is 18.6. The Morgan fingerprint density at radius 1 is 1.19 bits per heavy atom. The van der Waals surface area contributed by atoms with Crippen LogP contribution < -0.4 is 14.8 Å². The predicted octanol–water partition coefficient (Wildman–Crippen LogP) is 4.11. The number of rotatable bonds is 7. The highest BCUT2D eigenvalue weighted by atomic mass is 79.9. The number of anilines is 1. The van der Waals surface area contributed by atoms with E-state index in [1.54, 1.807) is 13.0 Å². The fraction of sp³-hybridized carbons (Fsp3) is 0.182. The molecule has 160 valence electrons. The topological polar surface area (TPSA) is 115 Å². The number of ether oxygens (including phenoxy) is 3. The first-order valence-electron chi connectivity index (χ1n) is 9.05. The van der Waals surface area contributed by atoms with Gasteiger partial charge in [-0.2, -0.15) is 5.26 Å². The SMILES string of the molecule is CCOC(=O)c1ccc(NC(=O)/C(C#N)=C/c2cc(Br)c(OC(C)=O)c(OC)c2)cc1. The first-order valence-corrected chi connectivity index (χ1v) is 9.84. The number of hydrogen-bond donors (Lipinski definition) is 1. The molecule has 0 aromatic heterocycles. The predicted molar refractivity (Wildman–Crippen MR) is 117 cm³/mol. The maximum atomic E-state index is 12.5. The number of methoxy groups -OCH3 is 1. The summed E-state index contributed by atoms with van der Waals surface area (Å²) in [5.74, 6) is -1.17. The average Bonchev–Trinajstić information content (AvgIpc) is 2.73. The van der Waals surface area contributed by atoms with Crippen LogP contribution in [-0.2, 0) is 14.3 Å². The highest BCUT2D eigenvalue weighted by molar-refractivity contribution is 9.10. The molecular weight excluding hydrogens is 468 g/mol. The third-order valence-corrected chi connectivity index (χ3v) is 4.42. The summed E-state index contributed by atoms with van der Waals surface area (Å²) in [6.45, 7) is 3.23. The number of carbonyl (C=O) groups is 3. The van der Waals surface area contributed by atoms with Gasteiger partial charge in [-0.05, 0) is 70.9 Å². The number of halogens is 1. The zero-order valence-electron chi connectivity index (χ0n) is 17.0. The number of esters is 2. The molecule has 0 aliphatic carbocycles. The van der Waals surface area contributed by atoms with Crippen molar-refractivity contribution in [1.29, 1.82) is 5.26 Å². The third-order valence-electron chi connectivity index (χ3n) is 3.83. The van der Waals surface area contributed by atoms with Gasteiger partial charge in [-0.3, -0.25) is 9.59 Å². The Morgan fingerprint density at radius 2 is 1.87 bits per heavy atom. The van der Waals surface area contributed by atoms with Crippen molar-refractivity contribution in [3.63, 3.8) is 0 Å². The standard InChI is InChI=1S/C22H19BrN2O6/c1-4-30-22(28)15-5-7-17(8-6-15)25-21(27)16(12-24)9-14-10-18(23)20(31-13(2)26)19(11-14)29-3/h5-11H,4H2,1-3H3,(H,25,27)/b16-9+. The molecule has 0 aliphatic heterocycles. The molecule has 31 heavy (non-hydrogen) atoms. The normalized spacial score (nSPS) is 10.6. The smallest absolute Gasteiger partial charge is 0.338 e. The Hall–Kier alpha value is -3.64. The van der Waals surface area contributed by atoms with Gasteiger partial charge >= 0.3 is 11.9 Å². The third kappa shape index (κ3) is 6.42. The lowest BCUT2D eigenvalue weighted by Gasteiger charge is -2.11. The number of benzene rings is 2. The number of amides is 1. The molecule has 8 nitrogen and oxygen atoms in total. The largest absolute Gasteiger partial charge is 0.493 e. The summed E-state index contributed by atoms with van der Waals surface area (Å²) in [6, 6.07) is 11.1. The minimum Gasteiger partial charge on any atom is -0.493 e. The monoisotopic (exact) mass is 486 g/mol. The first kappa shape index (κ1) is 23.6. The molecule has 0 saturated heterocycles. The summed E-state index contributed by atoms with van der Waals surface area (Å²) in [5, 5.41) is 12.0. The maximum absolute atomic E-state index is 12.5. The van der Waals surface area contributed by atoms with Gasteiger partial charge in [-0.25, -0.2) is 4.79 Å². The molecule has 1 amide bonds. The lowest BCUT2D eigenvalue weighted by atomic mass is 10.1. The highest BCUT2D eigenvalue weighted by Crippen LogP contribution is 2.37.